The van der Waals surface area contributed by atoms with Gasteiger partial charge in [-0.15, -0.1) is 12.4 Å². The molecule has 0 amide bonds. The van der Waals surface area contributed by atoms with E-state index >= 15 is 0 Å². The molecular formula is C19H25ClN2O3S. The summed E-state index contributed by atoms with van der Waals surface area (Å²) in [4.78, 5) is 0.250. The number of nitrogens with one attached hydrogen (secondary N) is 2. The Morgan fingerprint density at radius 1 is 1.15 bits per heavy atom. The van der Waals surface area contributed by atoms with Gasteiger partial charge in [-0.2, -0.15) is 0 Å². The summed E-state index contributed by atoms with van der Waals surface area (Å²) in [5, 5.41) is 3.38. The van der Waals surface area contributed by atoms with Gasteiger partial charge < -0.3 is 10.1 Å². The maximum absolute atomic E-state index is 12.5. The van der Waals surface area contributed by atoms with E-state index in [0.717, 1.165) is 19.4 Å². The van der Waals surface area contributed by atoms with Gasteiger partial charge in [-0.25, -0.2) is 13.1 Å². The van der Waals surface area contributed by atoms with Crippen molar-refractivity contribution in [3.05, 3.63) is 59.7 Å². The van der Waals surface area contributed by atoms with Gasteiger partial charge in [0.15, 0.2) is 0 Å². The molecule has 1 heterocycles. The summed E-state index contributed by atoms with van der Waals surface area (Å²) in [6.45, 7) is 3.83. The third-order valence-corrected chi connectivity index (χ3v) is 5.74. The second-order valence-electron chi connectivity index (χ2n) is 6.13. The Kier molecular flexibility index (Phi) is 7.46. The third kappa shape index (κ3) is 4.98. The summed E-state index contributed by atoms with van der Waals surface area (Å²) in [6.07, 6.45) is 1.89. The Morgan fingerprint density at radius 2 is 1.88 bits per heavy atom. The molecule has 1 aliphatic rings. The summed E-state index contributed by atoms with van der Waals surface area (Å²) in [5.41, 5.74) is 2.45. The Morgan fingerprint density at radius 3 is 2.62 bits per heavy atom. The van der Waals surface area contributed by atoms with Gasteiger partial charge in [-0.1, -0.05) is 31.2 Å². The van der Waals surface area contributed by atoms with Crippen LogP contribution in [0.15, 0.2) is 53.4 Å². The minimum Gasteiger partial charge on any atom is -0.494 e. The first-order valence-electron chi connectivity index (χ1n) is 8.64. The zero-order valence-electron chi connectivity index (χ0n) is 14.8. The standard InChI is InChI=1S/C19H24N2O3S.ClH/c1-2-13-24-16-7-9-17(10-8-16)25(22,23)21-14-19-18-6-4-3-5-15(18)11-12-20-19;/h3-10,19-21H,2,11-14H2,1H3;1H. The molecule has 0 aliphatic carbocycles. The Hall–Kier alpha value is -1.60. The van der Waals surface area contributed by atoms with Crippen LogP contribution in [-0.4, -0.2) is 28.1 Å². The van der Waals surface area contributed by atoms with Crippen molar-refractivity contribution in [1.29, 1.82) is 0 Å². The molecule has 0 radical (unpaired) electrons. The molecule has 0 spiro atoms. The lowest BCUT2D eigenvalue weighted by Crippen LogP contribution is -2.38. The minimum atomic E-state index is -3.55. The highest BCUT2D eigenvalue weighted by molar-refractivity contribution is 7.89. The van der Waals surface area contributed by atoms with Crippen molar-refractivity contribution < 1.29 is 13.2 Å². The predicted molar refractivity (Wildman–Crippen MR) is 106 cm³/mol. The fourth-order valence-electron chi connectivity index (χ4n) is 2.99. The zero-order valence-corrected chi connectivity index (χ0v) is 16.4. The number of ether oxygens (including phenoxy) is 1. The lowest BCUT2D eigenvalue weighted by Gasteiger charge is -2.27. The summed E-state index contributed by atoms with van der Waals surface area (Å²) in [7, 11) is -3.55. The maximum Gasteiger partial charge on any atom is 0.240 e. The summed E-state index contributed by atoms with van der Waals surface area (Å²) in [5.74, 6) is 0.684. The number of halogens is 1. The van der Waals surface area contributed by atoms with E-state index in [1.165, 1.54) is 11.1 Å². The van der Waals surface area contributed by atoms with Gasteiger partial charge in [-0.3, -0.25) is 0 Å². The molecule has 142 valence electrons. The normalized spacial score (nSPS) is 16.4. The number of sulfonamides is 1. The molecule has 5 nitrogen and oxygen atoms in total. The molecule has 0 fully saturated rings. The number of hydrogen-bond acceptors (Lipinski definition) is 4. The van der Waals surface area contributed by atoms with Crippen molar-refractivity contribution in [3.8, 4) is 5.75 Å². The molecular weight excluding hydrogens is 372 g/mol. The van der Waals surface area contributed by atoms with Crippen LogP contribution < -0.4 is 14.8 Å². The van der Waals surface area contributed by atoms with Crippen LogP contribution in [0.4, 0.5) is 0 Å². The van der Waals surface area contributed by atoms with Crippen LogP contribution >= 0.6 is 12.4 Å². The summed E-state index contributed by atoms with van der Waals surface area (Å²) in [6, 6.07) is 14.7. The Bertz CT molecular complexity index is 810. The van der Waals surface area contributed by atoms with E-state index in [0.29, 0.717) is 18.9 Å². The van der Waals surface area contributed by atoms with Crippen molar-refractivity contribution in [2.45, 2.75) is 30.7 Å². The fourth-order valence-corrected chi connectivity index (χ4v) is 4.03. The van der Waals surface area contributed by atoms with Crippen molar-refractivity contribution >= 4 is 22.4 Å². The first kappa shape index (κ1) is 20.7. The lowest BCUT2D eigenvalue weighted by atomic mass is 9.95. The highest BCUT2D eigenvalue weighted by Gasteiger charge is 2.22. The van der Waals surface area contributed by atoms with Crippen molar-refractivity contribution in [2.75, 3.05) is 19.7 Å². The van der Waals surface area contributed by atoms with E-state index in [1.807, 2.05) is 19.1 Å². The molecule has 1 unspecified atom stereocenters. The smallest absolute Gasteiger partial charge is 0.240 e. The van der Waals surface area contributed by atoms with Crippen molar-refractivity contribution in [3.63, 3.8) is 0 Å². The Labute approximate surface area is 161 Å². The molecule has 26 heavy (non-hydrogen) atoms. The molecule has 0 aromatic heterocycles. The molecule has 7 heteroatoms. The van der Waals surface area contributed by atoms with E-state index in [4.69, 9.17) is 4.74 Å². The number of benzene rings is 2. The molecule has 0 bridgehead atoms. The van der Waals surface area contributed by atoms with Gasteiger partial charge in [-0.05, 0) is 54.8 Å². The molecule has 1 atom stereocenters. The quantitative estimate of drug-likeness (QED) is 0.754. The van der Waals surface area contributed by atoms with Crippen LogP contribution in [0.1, 0.15) is 30.5 Å². The molecule has 1 aliphatic heterocycles. The second-order valence-corrected chi connectivity index (χ2v) is 7.89. The largest absolute Gasteiger partial charge is 0.494 e. The molecule has 2 aromatic carbocycles. The van der Waals surface area contributed by atoms with E-state index in [-0.39, 0.29) is 23.3 Å². The van der Waals surface area contributed by atoms with Crippen LogP contribution in [-0.2, 0) is 16.4 Å². The minimum absolute atomic E-state index is 0. The lowest BCUT2D eigenvalue weighted by molar-refractivity contribution is 0.317. The average Bonchev–Trinajstić information content (AvgIpc) is 2.65. The van der Waals surface area contributed by atoms with Gasteiger partial charge in [0, 0.05) is 12.6 Å². The van der Waals surface area contributed by atoms with Gasteiger partial charge >= 0.3 is 0 Å². The van der Waals surface area contributed by atoms with Gasteiger partial charge in [0.1, 0.15) is 5.75 Å². The van der Waals surface area contributed by atoms with Crippen LogP contribution in [0.5, 0.6) is 5.75 Å². The van der Waals surface area contributed by atoms with Crippen LogP contribution in [0.2, 0.25) is 0 Å². The predicted octanol–water partition coefficient (Wildman–Crippen LogP) is 3.06. The van der Waals surface area contributed by atoms with Gasteiger partial charge in [0.05, 0.1) is 11.5 Å². The van der Waals surface area contributed by atoms with E-state index < -0.39 is 10.0 Å². The highest BCUT2D eigenvalue weighted by atomic mass is 35.5. The third-order valence-electron chi connectivity index (χ3n) is 4.30. The molecule has 0 saturated heterocycles. The summed E-state index contributed by atoms with van der Waals surface area (Å²) >= 11 is 0. The second kappa shape index (κ2) is 9.37. The molecule has 0 saturated carbocycles. The molecule has 3 rings (SSSR count). The van der Waals surface area contributed by atoms with Gasteiger partial charge in [0.2, 0.25) is 10.0 Å². The van der Waals surface area contributed by atoms with E-state index in [1.54, 1.807) is 24.3 Å². The van der Waals surface area contributed by atoms with E-state index in [2.05, 4.69) is 22.2 Å². The van der Waals surface area contributed by atoms with Gasteiger partial charge in [0.25, 0.3) is 0 Å². The topological polar surface area (TPSA) is 67.4 Å². The van der Waals surface area contributed by atoms with Crippen LogP contribution in [0.3, 0.4) is 0 Å². The molecule has 2 aromatic rings. The van der Waals surface area contributed by atoms with E-state index in [9.17, 15) is 8.42 Å². The molecule has 2 N–H and O–H groups in total. The highest BCUT2D eigenvalue weighted by Crippen LogP contribution is 2.23. The SMILES string of the molecule is CCCOc1ccc(S(=O)(=O)NCC2NCCc3ccccc32)cc1.Cl. The fraction of sp³-hybridized carbons (Fsp3) is 0.368. The number of fused-ring (bicyclic) bond motifs is 1. The number of hydrogen-bond donors (Lipinski definition) is 2. The van der Waals surface area contributed by atoms with Crippen LogP contribution in [0.25, 0.3) is 0 Å². The monoisotopic (exact) mass is 396 g/mol. The van der Waals surface area contributed by atoms with Crippen molar-refractivity contribution in [2.24, 2.45) is 0 Å². The van der Waals surface area contributed by atoms with Crippen molar-refractivity contribution in [1.82, 2.24) is 10.0 Å². The first-order chi connectivity index (χ1) is 12.1. The Balaban J connectivity index is 0.00000243. The number of rotatable bonds is 7. The zero-order chi connectivity index (χ0) is 17.7. The average molecular weight is 397 g/mol. The summed E-state index contributed by atoms with van der Waals surface area (Å²) < 4.78 is 33.3. The van der Waals surface area contributed by atoms with Crippen LogP contribution in [0, 0.1) is 0 Å². The maximum atomic E-state index is 12.5. The first-order valence-corrected chi connectivity index (χ1v) is 10.1.